The lowest BCUT2D eigenvalue weighted by Crippen LogP contribution is -2.34. The summed E-state index contributed by atoms with van der Waals surface area (Å²) in [6.45, 7) is 7.19. The molecular formula is C31H34Cl2F2N6O2S. The molecule has 1 aliphatic rings. The molecule has 13 heteroatoms. The van der Waals surface area contributed by atoms with Crippen molar-refractivity contribution in [2.24, 2.45) is 12.5 Å². The number of carbonyl (C=O) groups is 2. The van der Waals surface area contributed by atoms with Crippen LogP contribution >= 0.6 is 34.5 Å². The van der Waals surface area contributed by atoms with E-state index in [1.54, 1.807) is 40.8 Å². The van der Waals surface area contributed by atoms with Gasteiger partial charge in [0.2, 0.25) is 11.9 Å². The van der Waals surface area contributed by atoms with Gasteiger partial charge in [0.05, 0.1) is 50.6 Å². The van der Waals surface area contributed by atoms with Gasteiger partial charge in [-0.1, -0.05) is 56.1 Å². The molecule has 234 valence electrons. The molecule has 0 spiro atoms. The van der Waals surface area contributed by atoms with Crippen molar-refractivity contribution < 1.29 is 18.4 Å². The summed E-state index contributed by atoms with van der Waals surface area (Å²) in [5.74, 6) is -2.97. The van der Waals surface area contributed by atoms with Crippen molar-refractivity contribution in [1.29, 1.82) is 0 Å². The molecule has 0 radical (unpaired) electrons. The highest BCUT2D eigenvalue weighted by molar-refractivity contribution is 7.10. The number of halogens is 4. The fraction of sp³-hybridized carbons (Fsp3) is 0.387. The lowest BCUT2D eigenvalue weighted by atomic mass is 9.95. The van der Waals surface area contributed by atoms with E-state index in [1.165, 1.54) is 11.3 Å². The number of amides is 2. The van der Waals surface area contributed by atoms with E-state index in [4.69, 9.17) is 28.2 Å². The van der Waals surface area contributed by atoms with E-state index < -0.39 is 17.9 Å². The number of imidazole rings is 1. The number of nitrogens with zero attached hydrogens (tertiary/aromatic N) is 3. The molecule has 5 rings (SSSR count). The van der Waals surface area contributed by atoms with Crippen LogP contribution in [0.2, 0.25) is 10.0 Å². The number of alkyl halides is 2. The molecule has 1 fully saturated rings. The Morgan fingerprint density at radius 3 is 2.57 bits per heavy atom. The van der Waals surface area contributed by atoms with E-state index in [0.29, 0.717) is 44.0 Å². The summed E-state index contributed by atoms with van der Waals surface area (Å²) < 4.78 is 30.3. The number of carbonyl (C=O) groups excluding carboxylic acids is 2. The summed E-state index contributed by atoms with van der Waals surface area (Å²) in [5.41, 5.74) is 2.28. The maximum Gasteiger partial charge on any atom is 0.266 e. The van der Waals surface area contributed by atoms with Gasteiger partial charge in [-0.25, -0.2) is 13.8 Å². The first-order chi connectivity index (χ1) is 20.6. The average molecular weight is 664 g/mol. The van der Waals surface area contributed by atoms with Gasteiger partial charge in [-0.05, 0) is 42.1 Å². The monoisotopic (exact) mass is 662 g/mol. The predicted octanol–water partition coefficient (Wildman–Crippen LogP) is 7.68. The quantitative estimate of drug-likeness (QED) is 0.180. The van der Waals surface area contributed by atoms with Crippen LogP contribution < -0.4 is 20.9 Å². The molecule has 2 aromatic heterocycles. The first-order valence-electron chi connectivity index (χ1n) is 14.1. The minimum absolute atomic E-state index is 0.117. The smallest absolute Gasteiger partial charge is 0.266 e. The van der Waals surface area contributed by atoms with Gasteiger partial charge < -0.3 is 25.4 Å². The third kappa shape index (κ3) is 6.64. The third-order valence-corrected chi connectivity index (χ3v) is 9.40. The molecule has 1 aliphatic heterocycles. The Balaban J connectivity index is 1.50. The molecule has 1 atom stereocenters. The molecule has 1 unspecified atom stereocenters. The lowest BCUT2D eigenvalue weighted by molar-refractivity contribution is -0.128. The molecule has 2 aromatic carbocycles. The van der Waals surface area contributed by atoms with Crippen molar-refractivity contribution in [3.05, 3.63) is 67.8 Å². The van der Waals surface area contributed by atoms with Crippen LogP contribution in [-0.2, 0) is 18.4 Å². The average Bonchev–Trinajstić information content (AvgIpc) is 3.69. The number of anilines is 3. The zero-order valence-electron chi connectivity index (χ0n) is 25.0. The Morgan fingerprint density at radius 2 is 1.93 bits per heavy atom. The van der Waals surface area contributed by atoms with Crippen LogP contribution in [0.15, 0.2) is 41.8 Å². The van der Waals surface area contributed by atoms with Crippen molar-refractivity contribution >= 4 is 74.7 Å². The van der Waals surface area contributed by atoms with Crippen LogP contribution in [-0.4, -0.2) is 40.4 Å². The SMILES string of the molecule is CC(NC(=O)c1cc2nc(Nc3c(Cl)ccc(CNC(=O)C(C)(C)C)c3Cl)n(C)c2cc1N1CCC(F)(F)C1)c1cccs1. The first kappa shape index (κ1) is 32.0. The molecule has 0 aliphatic carbocycles. The maximum atomic E-state index is 14.3. The molecule has 2 amide bonds. The summed E-state index contributed by atoms with van der Waals surface area (Å²) in [6, 6.07) is 10.3. The van der Waals surface area contributed by atoms with E-state index in [0.717, 1.165) is 4.88 Å². The van der Waals surface area contributed by atoms with Gasteiger partial charge in [0.25, 0.3) is 11.8 Å². The van der Waals surface area contributed by atoms with Crippen LogP contribution in [0.4, 0.5) is 26.1 Å². The van der Waals surface area contributed by atoms with Crippen LogP contribution in [0.25, 0.3) is 11.0 Å². The second-order valence-corrected chi connectivity index (χ2v) is 13.8. The summed E-state index contributed by atoms with van der Waals surface area (Å²) in [6.07, 6.45) is -0.292. The van der Waals surface area contributed by atoms with Crippen LogP contribution in [0.1, 0.15) is 61.0 Å². The molecule has 44 heavy (non-hydrogen) atoms. The van der Waals surface area contributed by atoms with Gasteiger partial charge in [0.1, 0.15) is 0 Å². The van der Waals surface area contributed by atoms with E-state index in [9.17, 15) is 18.4 Å². The van der Waals surface area contributed by atoms with E-state index in [1.807, 2.05) is 45.2 Å². The number of thiophene rings is 1. The zero-order valence-corrected chi connectivity index (χ0v) is 27.4. The Morgan fingerprint density at radius 1 is 1.18 bits per heavy atom. The number of hydrogen-bond donors (Lipinski definition) is 3. The van der Waals surface area contributed by atoms with Crippen LogP contribution in [0.5, 0.6) is 0 Å². The van der Waals surface area contributed by atoms with E-state index in [2.05, 4.69) is 16.0 Å². The zero-order chi connectivity index (χ0) is 32.0. The Bertz CT molecular complexity index is 1720. The normalized spacial score (nSPS) is 15.4. The highest BCUT2D eigenvalue weighted by Gasteiger charge is 2.39. The van der Waals surface area contributed by atoms with Gasteiger partial charge in [0.15, 0.2) is 0 Å². The van der Waals surface area contributed by atoms with Gasteiger partial charge in [0, 0.05) is 36.9 Å². The predicted molar refractivity (Wildman–Crippen MR) is 174 cm³/mol. The lowest BCUT2D eigenvalue weighted by Gasteiger charge is -2.22. The molecule has 4 aromatic rings. The van der Waals surface area contributed by atoms with Crippen molar-refractivity contribution in [2.75, 3.05) is 23.3 Å². The van der Waals surface area contributed by atoms with Crippen LogP contribution in [0.3, 0.4) is 0 Å². The fourth-order valence-corrected chi connectivity index (χ4v) is 6.27. The highest BCUT2D eigenvalue weighted by atomic mass is 35.5. The van der Waals surface area contributed by atoms with Crippen molar-refractivity contribution in [2.45, 2.75) is 52.6 Å². The van der Waals surface area contributed by atoms with Gasteiger partial charge >= 0.3 is 0 Å². The van der Waals surface area contributed by atoms with E-state index in [-0.39, 0.29) is 42.9 Å². The van der Waals surface area contributed by atoms with Crippen molar-refractivity contribution in [3.8, 4) is 0 Å². The van der Waals surface area contributed by atoms with Gasteiger partial charge in [-0.15, -0.1) is 11.3 Å². The number of benzene rings is 2. The molecule has 0 bridgehead atoms. The highest BCUT2D eigenvalue weighted by Crippen LogP contribution is 2.38. The Labute approximate surface area is 268 Å². The number of hydrogen-bond acceptors (Lipinski definition) is 6. The summed E-state index contributed by atoms with van der Waals surface area (Å²) in [7, 11) is 1.77. The van der Waals surface area contributed by atoms with Gasteiger partial charge in [-0.3, -0.25) is 9.59 Å². The fourth-order valence-electron chi connectivity index (χ4n) is 5.01. The molecule has 1 saturated heterocycles. The maximum absolute atomic E-state index is 14.3. The summed E-state index contributed by atoms with van der Waals surface area (Å²) >= 11 is 14.8. The largest absolute Gasteiger partial charge is 0.365 e. The minimum atomic E-state index is -2.85. The topological polar surface area (TPSA) is 91.3 Å². The number of aromatic nitrogens is 2. The standard InChI is InChI=1S/C31H34Cl2F2N6O2S/c1-17(24-7-6-12-44-24)37-27(42)19-13-21-23(14-22(19)41-11-10-31(34,35)16-41)40(5)29(38-21)39-26-20(32)9-8-18(25(26)33)15-36-28(43)30(2,3)4/h6-9,12-14,17H,10-11,15-16H2,1-5H3,(H,36,43)(H,37,42)(H,38,39). The number of fused-ring (bicyclic) bond motifs is 1. The molecule has 3 N–H and O–H groups in total. The second kappa shape index (κ2) is 12.2. The van der Waals surface area contributed by atoms with E-state index >= 15 is 0 Å². The van der Waals surface area contributed by atoms with Crippen LogP contribution in [0, 0.1) is 5.41 Å². The summed E-state index contributed by atoms with van der Waals surface area (Å²) in [5, 5.41) is 11.7. The number of nitrogens with one attached hydrogen (secondary N) is 3. The third-order valence-electron chi connectivity index (χ3n) is 7.60. The van der Waals surface area contributed by atoms with Crippen molar-refractivity contribution in [1.82, 2.24) is 20.2 Å². The minimum Gasteiger partial charge on any atom is -0.365 e. The number of rotatable bonds is 8. The second-order valence-electron chi connectivity index (χ2n) is 12.0. The molecule has 0 saturated carbocycles. The Kier molecular flexibility index (Phi) is 8.85. The summed E-state index contributed by atoms with van der Waals surface area (Å²) in [4.78, 5) is 33.2. The number of aryl methyl sites for hydroxylation is 1. The van der Waals surface area contributed by atoms with Crippen molar-refractivity contribution in [3.63, 3.8) is 0 Å². The van der Waals surface area contributed by atoms with Gasteiger partial charge in [-0.2, -0.15) is 0 Å². The molecular weight excluding hydrogens is 629 g/mol. The molecule has 3 heterocycles. The molecule has 8 nitrogen and oxygen atoms in total. The Hall–Kier alpha value is -3.41. The first-order valence-corrected chi connectivity index (χ1v) is 15.8.